The first kappa shape index (κ1) is 21.0. The van der Waals surface area contributed by atoms with Crippen LogP contribution in [0.1, 0.15) is 28.8 Å². The maximum Gasteiger partial charge on any atom is 0.339 e. The fourth-order valence-electron chi connectivity index (χ4n) is 3.39. The van der Waals surface area contributed by atoms with E-state index in [-0.39, 0.29) is 23.1 Å². The number of nitrogens with zero attached hydrogens (tertiary/aromatic N) is 1. The van der Waals surface area contributed by atoms with E-state index < -0.39 is 16.0 Å². The zero-order chi connectivity index (χ0) is 20.9. The SMILES string of the molecule is COC(=O)c1ccccc1NC(=O)C1CCN(S(=O)(=O)Cc2ccccc2)CC1. The summed E-state index contributed by atoms with van der Waals surface area (Å²) in [4.78, 5) is 24.5. The minimum absolute atomic E-state index is 0.0444. The predicted octanol–water partition coefficient (Wildman–Crippen LogP) is 2.65. The smallest absolute Gasteiger partial charge is 0.339 e. The third-order valence-electron chi connectivity index (χ3n) is 5.00. The number of sulfonamides is 1. The number of nitrogens with one attached hydrogen (secondary N) is 1. The maximum atomic E-state index is 12.6. The number of ether oxygens (including phenoxy) is 1. The second-order valence-electron chi connectivity index (χ2n) is 6.94. The molecule has 2 aromatic rings. The molecule has 0 spiro atoms. The summed E-state index contributed by atoms with van der Waals surface area (Å²) in [6.07, 6.45) is 0.862. The van der Waals surface area contributed by atoms with Crippen molar-refractivity contribution >= 4 is 27.6 Å². The van der Waals surface area contributed by atoms with Crippen molar-refractivity contribution in [3.63, 3.8) is 0 Å². The molecule has 8 heteroatoms. The van der Waals surface area contributed by atoms with E-state index in [0.717, 1.165) is 5.56 Å². The summed E-state index contributed by atoms with van der Waals surface area (Å²) in [5, 5.41) is 2.78. The molecule has 1 aliphatic rings. The monoisotopic (exact) mass is 416 g/mol. The third kappa shape index (κ3) is 5.21. The summed E-state index contributed by atoms with van der Waals surface area (Å²) in [5.41, 5.74) is 1.42. The van der Waals surface area contributed by atoms with Gasteiger partial charge in [0, 0.05) is 19.0 Å². The quantitative estimate of drug-likeness (QED) is 0.731. The lowest BCUT2D eigenvalue weighted by Crippen LogP contribution is -2.42. The Morgan fingerprint density at radius 3 is 2.31 bits per heavy atom. The van der Waals surface area contributed by atoms with Gasteiger partial charge in [-0.15, -0.1) is 0 Å². The second kappa shape index (κ2) is 9.19. The number of methoxy groups -OCH3 is 1. The number of rotatable bonds is 6. The fraction of sp³-hybridized carbons (Fsp3) is 0.333. The minimum Gasteiger partial charge on any atom is -0.465 e. The van der Waals surface area contributed by atoms with Crippen LogP contribution >= 0.6 is 0 Å². The standard InChI is InChI=1S/C21H24N2O5S/c1-28-21(25)18-9-5-6-10-19(18)22-20(24)17-11-13-23(14-12-17)29(26,27)15-16-7-3-2-4-8-16/h2-10,17H,11-15H2,1H3,(H,22,24). The molecule has 0 saturated carbocycles. The van der Waals surface area contributed by atoms with Crippen LogP contribution in [0.4, 0.5) is 5.69 Å². The molecule has 1 heterocycles. The third-order valence-corrected chi connectivity index (χ3v) is 6.85. The van der Waals surface area contributed by atoms with E-state index in [2.05, 4.69) is 5.32 Å². The fourth-order valence-corrected chi connectivity index (χ4v) is 4.95. The lowest BCUT2D eigenvalue weighted by atomic mass is 9.97. The minimum atomic E-state index is -3.43. The number of hydrogen-bond donors (Lipinski definition) is 1. The summed E-state index contributed by atoms with van der Waals surface area (Å²) in [6.45, 7) is 0.595. The zero-order valence-corrected chi connectivity index (χ0v) is 17.0. The van der Waals surface area contributed by atoms with Gasteiger partial charge in [-0.25, -0.2) is 17.5 Å². The Balaban J connectivity index is 1.59. The van der Waals surface area contributed by atoms with Crippen LogP contribution in [-0.4, -0.2) is 44.8 Å². The first-order chi connectivity index (χ1) is 13.9. The molecule has 1 aliphatic heterocycles. The van der Waals surface area contributed by atoms with Crippen LogP contribution in [0.3, 0.4) is 0 Å². The van der Waals surface area contributed by atoms with Crippen LogP contribution in [0.15, 0.2) is 54.6 Å². The van der Waals surface area contributed by atoms with E-state index in [0.29, 0.717) is 31.6 Å². The average molecular weight is 416 g/mol. The number of benzene rings is 2. The Hall–Kier alpha value is -2.71. The van der Waals surface area contributed by atoms with Gasteiger partial charge in [0.05, 0.1) is 24.1 Å². The van der Waals surface area contributed by atoms with E-state index in [1.807, 2.05) is 18.2 Å². The van der Waals surface area contributed by atoms with E-state index in [1.54, 1.807) is 36.4 Å². The summed E-state index contributed by atoms with van der Waals surface area (Å²) in [5.74, 6) is -1.11. The van der Waals surface area contributed by atoms with Crippen molar-refractivity contribution in [3.05, 3.63) is 65.7 Å². The van der Waals surface area contributed by atoms with Gasteiger partial charge in [-0.1, -0.05) is 42.5 Å². The number of hydrogen-bond acceptors (Lipinski definition) is 5. The average Bonchev–Trinajstić information content (AvgIpc) is 2.74. The predicted molar refractivity (Wildman–Crippen MR) is 110 cm³/mol. The topological polar surface area (TPSA) is 92.8 Å². The van der Waals surface area contributed by atoms with Gasteiger partial charge in [-0.3, -0.25) is 4.79 Å². The van der Waals surface area contributed by atoms with Gasteiger partial charge in [-0.2, -0.15) is 0 Å². The normalized spacial score (nSPS) is 15.6. The Kier molecular flexibility index (Phi) is 6.66. The van der Waals surface area contributed by atoms with Gasteiger partial charge in [0.2, 0.25) is 15.9 Å². The molecule has 0 aromatic heterocycles. The Bertz CT molecular complexity index is 968. The van der Waals surface area contributed by atoms with E-state index in [1.165, 1.54) is 11.4 Å². The molecule has 1 fully saturated rings. The number of anilines is 1. The van der Waals surface area contributed by atoms with E-state index in [9.17, 15) is 18.0 Å². The van der Waals surface area contributed by atoms with Crippen molar-refractivity contribution < 1.29 is 22.7 Å². The molecule has 0 radical (unpaired) electrons. The van der Waals surface area contributed by atoms with Crippen molar-refractivity contribution in [1.82, 2.24) is 4.31 Å². The highest BCUT2D eigenvalue weighted by Gasteiger charge is 2.31. The summed E-state index contributed by atoms with van der Waals surface area (Å²) in [7, 11) is -2.14. The highest BCUT2D eigenvalue weighted by Crippen LogP contribution is 2.24. The van der Waals surface area contributed by atoms with E-state index >= 15 is 0 Å². The first-order valence-corrected chi connectivity index (χ1v) is 11.0. The molecule has 2 aromatic carbocycles. The van der Waals surface area contributed by atoms with Gasteiger partial charge >= 0.3 is 5.97 Å². The van der Waals surface area contributed by atoms with Crippen molar-refractivity contribution in [1.29, 1.82) is 0 Å². The number of esters is 1. The summed E-state index contributed by atoms with van der Waals surface area (Å²) >= 11 is 0. The number of amides is 1. The van der Waals surface area contributed by atoms with Crippen LogP contribution in [0.25, 0.3) is 0 Å². The molecule has 1 amide bonds. The van der Waals surface area contributed by atoms with Crippen molar-refractivity contribution in [3.8, 4) is 0 Å². The number of piperidine rings is 1. The Labute approximate surface area is 170 Å². The molecule has 0 aliphatic carbocycles. The molecule has 1 N–H and O–H groups in total. The van der Waals surface area contributed by atoms with Crippen molar-refractivity contribution in [2.75, 3.05) is 25.5 Å². The molecule has 154 valence electrons. The van der Waals surface area contributed by atoms with Crippen molar-refractivity contribution in [2.24, 2.45) is 5.92 Å². The van der Waals surface area contributed by atoms with Crippen LogP contribution in [-0.2, 0) is 25.3 Å². The summed E-state index contributed by atoms with van der Waals surface area (Å²) in [6, 6.07) is 15.7. The number of carbonyl (C=O) groups excluding carboxylic acids is 2. The molecular formula is C21H24N2O5S. The van der Waals surface area contributed by atoms with Crippen LogP contribution in [0.5, 0.6) is 0 Å². The number of para-hydroxylation sites is 1. The first-order valence-electron chi connectivity index (χ1n) is 9.40. The molecular weight excluding hydrogens is 392 g/mol. The van der Waals surface area contributed by atoms with Gasteiger partial charge < -0.3 is 10.1 Å². The second-order valence-corrected chi connectivity index (χ2v) is 8.91. The van der Waals surface area contributed by atoms with Crippen LogP contribution < -0.4 is 5.32 Å². The molecule has 1 saturated heterocycles. The number of carbonyl (C=O) groups is 2. The zero-order valence-electron chi connectivity index (χ0n) is 16.2. The molecule has 29 heavy (non-hydrogen) atoms. The maximum absolute atomic E-state index is 12.6. The summed E-state index contributed by atoms with van der Waals surface area (Å²) < 4.78 is 31.5. The molecule has 7 nitrogen and oxygen atoms in total. The highest BCUT2D eigenvalue weighted by molar-refractivity contribution is 7.88. The van der Waals surface area contributed by atoms with Gasteiger partial charge in [-0.05, 0) is 30.5 Å². The van der Waals surface area contributed by atoms with Gasteiger partial charge in [0.1, 0.15) is 0 Å². The molecule has 3 rings (SSSR count). The lowest BCUT2D eigenvalue weighted by molar-refractivity contribution is -0.120. The highest BCUT2D eigenvalue weighted by atomic mass is 32.2. The van der Waals surface area contributed by atoms with Crippen molar-refractivity contribution in [2.45, 2.75) is 18.6 Å². The molecule has 0 bridgehead atoms. The van der Waals surface area contributed by atoms with Gasteiger partial charge in [0.15, 0.2) is 0 Å². The molecule has 0 atom stereocenters. The van der Waals surface area contributed by atoms with Gasteiger partial charge in [0.25, 0.3) is 0 Å². The Morgan fingerprint density at radius 1 is 1.03 bits per heavy atom. The lowest BCUT2D eigenvalue weighted by Gasteiger charge is -2.30. The van der Waals surface area contributed by atoms with E-state index in [4.69, 9.17) is 4.74 Å². The molecule has 0 unspecified atom stereocenters. The van der Waals surface area contributed by atoms with Crippen LogP contribution in [0, 0.1) is 5.92 Å². The largest absolute Gasteiger partial charge is 0.465 e. The van der Waals surface area contributed by atoms with Crippen LogP contribution in [0.2, 0.25) is 0 Å². The Morgan fingerprint density at radius 2 is 1.66 bits per heavy atom.